The molecule has 4 nitrogen and oxygen atoms in total. The van der Waals surface area contributed by atoms with E-state index in [1.54, 1.807) is 0 Å². The molecular weight excluding hydrogens is 670 g/mol. The van der Waals surface area contributed by atoms with E-state index in [4.69, 9.17) is 9.47 Å². The van der Waals surface area contributed by atoms with Gasteiger partial charge in [0.2, 0.25) is 0 Å². The highest BCUT2D eigenvalue weighted by molar-refractivity contribution is 4.88. The van der Waals surface area contributed by atoms with Crippen LogP contribution in [0.4, 0.5) is 0 Å². The van der Waals surface area contributed by atoms with Gasteiger partial charge in [0, 0.05) is 13.0 Å². The van der Waals surface area contributed by atoms with E-state index in [9.17, 15) is 5.11 Å². The molecule has 0 atom stereocenters. The molecule has 0 rings (SSSR count). The number of aliphatic hydroxyl groups is 1. The Morgan fingerprint density at radius 1 is 0.490 bits per heavy atom. The molecule has 0 aliphatic rings. The van der Waals surface area contributed by atoms with Crippen molar-refractivity contribution < 1.29 is 36.0 Å². The van der Waals surface area contributed by atoms with Crippen LogP contribution >= 0.6 is 0 Å². The first-order valence-electron chi connectivity index (χ1n) is 21.2. The fourth-order valence-corrected chi connectivity index (χ4v) is 6.25. The van der Waals surface area contributed by atoms with Gasteiger partial charge >= 0.3 is 0 Å². The summed E-state index contributed by atoms with van der Waals surface area (Å²) in [5.74, 6) is 0.954. The molecule has 0 saturated carbocycles. The summed E-state index contributed by atoms with van der Waals surface area (Å²) in [6.07, 6.45) is 49.3. The molecule has 0 bridgehead atoms. The summed E-state index contributed by atoms with van der Waals surface area (Å²) in [6, 6.07) is 0. The number of unbranched alkanes of at least 4 members (excludes halogenated alkanes) is 24. The van der Waals surface area contributed by atoms with E-state index in [0.29, 0.717) is 0 Å². The SMILES string of the molecule is CCCCCCCC/C=C\CCCCCCCCOC=C(C[N+](C)(C)CCCO)OCCCCCCCC/C=C\CCCCCCCC.[Br-]. The Labute approximate surface area is 318 Å². The first-order valence-corrected chi connectivity index (χ1v) is 21.2. The predicted octanol–water partition coefficient (Wildman–Crippen LogP) is 10.4. The molecule has 0 aromatic heterocycles. The van der Waals surface area contributed by atoms with Gasteiger partial charge < -0.3 is 36.0 Å². The highest BCUT2D eigenvalue weighted by Gasteiger charge is 2.18. The third-order valence-corrected chi connectivity index (χ3v) is 9.44. The van der Waals surface area contributed by atoms with Crippen molar-refractivity contribution in [1.82, 2.24) is 0 Å². The Hall–Kier alpha value is -0.780. The molecule has 292 valence electrons. The number of quaternary nitrogens is 1. The quantitative estimate of drug-likeness (QED) is 0.0294. The molecule has 0 aromatic carbocycles. The van der Waals surface area contributed by atoms with Gasteiger partial charge in [-0.3, -0.25) is 0 Å². The average Bonchev–Trinajstić information content (AvgIpc) is 3.08. The lowest BCUT2D eigenvalue weighted by molar-refractivity contribution is -0.887. The maximum atomic E-state index is 9.32. The lowest BCUT2D eigenvalue weighted by atomic mass is 10.1. The third-order valence-electron chi connectivity index (χ3n) is 9.44. The molecule has 0 radical (unpaired) electrons. The number of allylic oxidation sites excluding steroid dienone is 4. The lowest BCUT2D eigenvalue weighted by Gasteiger charge is -2.30. The molecule has 0 saturated heterocycles. The monoisotopic (exact) mass is 756 g/mol. The molecule has 0 fully saturated rings. The average molecular weight is 757 g/mol. The number of hydrogen-bond acceptors (Lipinski definition) is 3. The van der Waals surface area contributed by atoms with Crippen LogP contribution in [-0.2, 0) is 9.47 Å². The Balaban J connectivity index is 0. The Morgan fingerprint density at radius 3 is 1.27 bits per heavy atom. The molecule has 0 unspecified atom stereocenters. The van der Waals surface area contributed by atoms with E-state index in [-0.39, 0.29) is 23.6 Å². The van der Waals surface area contributed by atoms with E-state index in [0.717, 1.165) is 55.8 Å². The second kappa shape index (κ2) is 41.6. The van der Waals surface area contributed by atoms with Crippen molar-refractivity contribution >= 4 is 0 Å². The van der Waals surface area contributed by atoms with Crippen molar-refractivity contribution in [1.29, 1.82) is 0 Å². The maximum Gasteiger partial charge on any atom is 0.185 e. The molecule has 0 aliphatic heterocycles. The summed E-state index contributed by atoms with van der Waals surface area (Å²) in [6.45, 7) is 8.08. The van der Waals surface area contributed by atoms with Crippen molar-refractivity contribution in [2.75, 3.05) is 47.0 Å². The van der Waals surface area contributed by atoms with E-state index in [2.05, 4.69) is 52.2 Å². The molecule has 0 amide bonds. The molecule has 1 N–H and O–H groups in total. The van der Waals surface area contributed by atoms with E-state index < -0.39 is 0 Å². The summed E-state index contributed by atoms with van der Waals surface area (Å²) in [4.78, 5) is 0. The zero-order valence-corrected chi connectivity index (χ0v) is 35.1. The first-order chi connectivity index (χ1) is 23.6. The van der Waals surface area contributed by atoms with E-state index >= 15 is 0 Å². The topological polar surface area (TPSA) is 38.7 Å². The molecule has 0 aromatic rings. The van der Waals surface area contributed by atoms with Gasteiger partial charge in [0.25, 0.3) is 0 Å². The van der Waals surface area contributed by atoms with Gasteiger partial charge in [0.15, 0.2) is 5.76 Å². The van der Waals surface area contributed by atoms with Crippen LogP contribution in [0.5, 0.6) is 0 Å². The van der Waals surface area contributed by atoms with Gasteiger partial charge in [0.1, 0.15) is 12.8 Å². The van der Waals surface area contributed by atoms with Crippen molar-refractivity contribution in [2.45, 2.75) is 200 Å². The Kier molecular flexibility index (Phi) is 42.8. The number of nitrogens with zero attached hydrogens (tertiary/aromatic N) is 1. The standard InChI is InChI=1S/C44H86NO3.BrH/c1-5-7-9-11-13-15-17-19-21-23-25-27-29-31-33-35-40-47-43-44(42-45(3,4)38-37-39-46)48-41-36-34-32-30-28-26-24-22-20-18-16-14-12-10-8-6-2;/h19-22,43,46H,5-18,23-42H2,1-4H3;1H/q+1;/p-1/b21-19-,22-20-,44-43?;. The molecular formula is C44H86BrNO3. The van der Waals surface area contributed by atoms with Crippen LogP contribution < -0.4 is 17.0 Å². The van der Waals surface area contributed by atoms with Gasteiger partial charge in [0.05, 0.1) is 33.9 Å². The fourth-order valence-electron chi connectivity index (χ4n) is 6.25. The van der Waals surface area contributed by atoms with Crippen LogP contribution in [-0.4, -0.2) is 56.6 Å². The number of ether oxygens (including phenoxy) is 2. The maximum absolute atomic E-state index is 9.32. The zero-order chi connectivity index (χ0) is 35.1. The fraction of sp³-hybridized carbons (Fsp3) is 0.864. The van der Waals surface area contributed by atoms with Crippen LogP contribution in [0, 0.1) is 0 Å². The highest BCUT2D eigenvalue weighted by atomic mass is 79.9. The third kappa shape index (κ3) is 41.5. The Morgan fingerprint density at radius 2 is 0.857 bits per heavy atom. The molecule has 0 heterocycles. The lowest BCUT2D eigenvalue weighted by Crippen LogP contribution is -3.00. The van der Waals surface area contributed by atoms with Gasteiger partial charge in [-0.05, 0) is 64.2 Å². The van der Waals surface area contributed by atoms with E-state index in [1.165, 1.54) is 167 Å². The molecule has 5 heteroatoms. The number of aliphatic hydroxyl groups excluding tert-OH is 1. The second-order valence-electron chi connectivity index (χ2n) is 15.1. The summed E-state index contributed by atoms with van der Waals surface area (Å²) < 4.78 is 13.0. The number of hydrogen-bond donors (Lipinski definition) is 1. The zero-order valence-electron chi connectivity index (χ0n) is 33.5. The van der Waals surface area contributed by atoms with Gasteiger partial charge in [-0.1, -0.05) is 154 Å². The van der Waals surface area contributed by atoms with Crippen molar-refractivity contribution in [2.24, 2.45) is 0 Å². The second-order valence-corrected chi connectivity index (χ2v) is 15.1. The van der Waals surface area contributed by atoms with Gasteiger partial charge in [-0.25, -0.2) is 0 Å². The normalized spacial score (nSPS) is 12.3. The van der Waals surface area contributed by atoms with Gasteiger partial charge in [-0.15, -0.1) is 0 Å². The minimum absolute atomic E-state index is 0. The van der Waals surface area contributed by atoms with Crippen LogP contribution in [0.25, 0.3) is 0 Å². The highest BCUT2D eigenvalue weighted by Crippen LogP contribution is 2.14. The minimum atomic E-state index is 0. The smallest absolute Gasteiger partial charge is 0.185 e. The van der Waals surface area contributed by atoms with Crippen molar-refractivity contribution in [3.63, 3.8) is 0 Å². The summed E-state index contributed by atoms with van der Waals surface area (Å²) in [5, 5.41) is 9.32. The van der Waals surface area contributed by atoms with E-state index in [1.807, 2.05) is 6.26 Å². The van der Waals surface area contributed by atoms with Crippen molar-refractivity contribution in [3.8, 4) is 0 Å². The van der Waals surface area contributed by atoms with Crippen LogP contribution in [0.1, 0.15) is 200 Å². The summed E-state index contributed by atoms with van der Waals surface area (Å²) in [7, 11) is 4.42. The number of likely N-dealkylation sites (N-methyl/N-ethyl adjacent to an activating group) is 1. The van der Waals surface area contributed by atoms with Crippen LogP contribution in [0.3, 0.4) is 0 Å². The van der Waals surface area contributed by atoms with Crippen molar-refractivity contribution in [3.05, 3.63) is 36.3 Å². The summed E-state index contributed by atoms with van der Waals surface area (Å²) >= 11 is 0. The first kappa shape index (κ1) is 50.3. The largest absolute Gasteiger partial charge is 1.00 e. The minimum Gasteiger partial charge on any atom is -1.00 e. The summed E-state index contributed by atoms with van der Waals surface area (Å²) in [5.41, 5.74) is 0. The molecule has 0 spiro atoms. The molecule has 0 aliphatic carbocycles. The van der Waals surface area contributed by atoms with Gasteiger partial charge in [-0.2, -0.15) is 0 Å². The number of halogens is 1. The Bertz CT molecular complexity index is 721. The van der Waals surface area contributed by atoms with Crippen LogP contribution in [0.15, 0.2) is 36.3 Å². The predicted molar refractivity (Wildman–Crippen MR) is 212 cm³/mol. The van der Waals surface area contributed by atoms with Crippen LogP contribution in [0.2, 0.25) is 0 Å². The molecule has 49 heavy (non-hydrogen) atoms. The number of rotatable bonds is 39.